The van der Waals surface area contributed by atoms with Crippen LogP contribution in [0.3, 0.4) is 0 Å². The van der Waals surface area contributed by atoms with Crippen LogP contribution in [0.15, 0.2) is 66.7 Å². The Morgan fingerprint density at radius 2 is 1.50 bits per heavy atom. The average molecular weight is 350 g/mol. The summed E-state index contributed by atoms with van der Waals surface area (Å²) in [6, 6.07) is 18.6. The second kappa shape index (κ2) is 7.40. The first-order chi connectivity index (χ1) is 12.4. The van der Waals surface area contributed by atoms with Gasteiger partial charge in [0.25, 0.3) is 0 Å². The van der Waals surface area contributed by atoms with Crippen LogP contribution in [0.4, 0.5) is 4.39 Å². The Balaban J connectivity index is 1.83. The largest absolute Gasteiger partial charge is 0.508 e. The molecule has 0 aliphatic carbocycles. The summed E-state index contributed by atoms with van der Waals surface area (Å²) in [6.45, 7) is 3.17. The van der Waals surface area contributed by atoms with Gasteiger partial charge < -0.3 is 9.84 Å². The molecule has 3 rings (SSSR count). The van der Waals surface area contributed by atoms with Gasteiger partial charge in [-0.1, -0.05) is 36.4 Å². The molecule has 0 radical (unpaired) electrons. The van der Waals surface area contributed by atoms with Crippen LogP contribution in [-0.2, 0) is 4.79 Å². The number of ketones is 1. The van der Waals surface area contributed by atoms with E-state index in [0.717, 1.165) is 16.7 Å². The van der Waals surface area contributed by atoms with Crippen LogP contribution in [0.1, 0.15) is 13.8 Å². The molecule has 3 aromatic carbocycles. The van der Waals surface area contributed by atoms with Crippen LogP contribution in [0, 0.1) is 5.82 Å². The van der Waals surface area contributed by atoms with Gasteiger partial charge in [0.15, 0.2) is 11.9 Å². The Bertz CT molecular complexity index is 915. The number of carbonyl (C=O) groups is 1. The van der Waals surface area contributed by atoms with Crippen molar-refractivity contribution in [3.8, 4) is 33.8 Å². The number of halogens is 1. The normalized spacial score (nSPS) is 11.8. The van der Waals surface area contributed by atoms with Crippen LogP contribution in [0.2, 0.25) is 0 Å². The minimum atomic E-state index is -0.512. The topological polar surface area (TPSA) is 46.5 Å². The molecule has 1 atom stereocenters. The van der Waals surface area contributed by atoms with E-state index in [1.54, 1.807) is 61.5 Å². The average Bonchev–Trinajstić information content (AvgIpc) is 2.63. The molecule has 0 fully saturated rings. The molecule has 0 aromatic heterocycles. The molecule has 0 saturated heterocycles. The summed E-state index contributed by atoms with van der Waals surface area (Å²) in [5.74, 6) is 0.358. The highest BCUT2D eigenvalue weighted by Gasteiger charge is 2.11. The smallest absolute Gasteiger partial charge is 0.169 e. The summed E-state index contributed by atoms with van der Waals surface area (Å²) in [5, 5.41) is 9.36. The minimum absolute atomic E-state index is 0.0510. The van der Waals surface area contributed by atoms with Crippen molar-refractivity contribution >= 4 is 5.78 Å². The van der Waals surface area contributed by atoms with E-state index < -0.39 is 6.10 Å². The molecule has 4 heteroatoms. The van der Waals surface area contributed by atoms with Crippen LogP contribution in [0.25, 0.3) is 22.3 Å². The molecule has 0 saturated carbocycles. The maximum atomic E-state index is 14.6. The van der Waals surface area contributed by atoms with Crippen molar-refractivity contribution in [2.24, 2.45) is 0 Å². The number of hydrogen-bond donors (Lipinski definition) is 1. The van der Waals surface area contributed by atoms with E-state index in [-0.39, 0.29) is 17.3 Å². The fourth-order valence-corrected chi connectivity index (χ4v) is 2.58. The van der Waals surface area contributed by atoms with Crippen molar-refractivity contribution in [2.45, 2.75) is 20.0 Å². The second-order valence-corrected chi connectivity index (χ2v) is 6.14. The SMILES string of the molecule is CC(=O)C(C)Oc1ccc(-c2ccc(-c3ccc(O)cc3)cc2F)cc1. The second-order valence-electron chi connectivity index (χ2n) is 6.14. The van der Waals surface area contributed by atoms with Gasteiger partial charge in [0, 0.05) is 5.56 Å². The lowest BCUT2D eigenvalue weighted by atomic mass is 9.99. The number of aromatic hydroxyl groups is 1. The number of hydrogen-bond acceptors (Lipinski definition) is 3. The lowest BCUT2D eigenvalue weighted by Crippen LogP contribution is -2.20. The highest BCUT2D eigenvalue weighted by Crippen LogP contribution is 2.30. The van der Waals surface area contributed by atoms with Crippen molar-refractivity contribution in [2.75, 3.05) is 0 Å². The Labute approximate surface area is 151 Å². The first-order valence-corrected chi connectivity index (χ1v) is 8.30. The zero-order valence-electron chi connectivity index (χ0n) is 14.6. The maximum absolute atomic E-state index is 14.6. The Hall–Kier alpha value is -3.14. The quantitative estimate of drug-likeness (QED) is 0.686. The number of rotatable bonds is 5. The third-order valence-electron chi connectivity index (χ3n) is 4.22. The molecule has 0 aliphatic rings. The van der Waals surface area contributed by atoms with E-state index in [9.17, 15) is 14.3 Å². The molecule has 0 heterocycles. The Morgan fingerprint density at radius 3 is 2.08 bits per heavy atom. The standard InChI is InChI=1S/C22H19FO3/c1-14(24)15(2)26-20-10-5-17(6-11-20)21-12-7-18(13-22(21)23)16-3-8-19(25)9-4-16/h3-13,15,25H,1-2H3. The van der Waals surface area contributed by atoms with Crippen molar-refractivity contribution in [3.63, 3.8) is 0 Å². The number of ether oxygens (including phenoxy) is 1. The summed E-state index contributed by atoms with van der Waals surface area (Å²) >= 11 is 0. The highest BCUT2D eigenvalue weighted by atomic mass is 19.1. The van der Waals surface area contributed by atoms with Gasteiger partial charge in [0.05, 0.1) is 0 Å². The molecule has 0 bridgehead atoms. The van der Waals surface area contributed by atoms with Gasteiger partial charge in [0.1, 0.15) is 17.3 Å². The van der Waals surface area contributed by atoms with Crippen LogP contribution >= 0.6 is 0 Å². The Kier molecular flexibility index (Phi) is 5.03. The molecule has 1 unspecified atom stereocenters. The van der Waals surface area contributed by atoms with Gasteiger partial charge in [-0.2, -0.15) is 0 Å². The third kappa shape index (κ3) is 3.91. The molecule has 3 nitrogen and oxygen atoms in total. The van der Waals surface area contributed by atoms with Gasteiger partial charge in [-0.05, 0) is 60.9 Å². The van der Waals surface area contributed by atoms with E-state index in [2.05, 4.69) is 0 Å². The van der Waals surface area contributed by atoms with Crippen LogP contribution < -0.4 is 4.74 Å². The number of phenols is 1. The fourth-order valence-electron chi connectivity index (χ4n) is 2.58. The predicted octanol–water partition coefficient (Wildman–Crippen LogP) is 5.22. The van der Waals surface area contributed by atoms with Gasteiger partial charge in [-0.15, -0.1) is 0 Å². The molecule has 1 N–H and O–H groups in total. The van der Waals surface area contributed by atoms with E-state index in [0.29, 0.717) is 11.3 Å². The van der Waals surface area contributed by atoms with Crippen LogP contribution in [-0.4, -0.2) is 17.0 Å². The monoisotopic (exact) mass is 350 g/mol. The van der Waals surface area contributed by atoms with Crippen molar-refractivity contribution in [1.82, 2.24) is 0 Å². The highest BCUT2D eigenvalue weighted by molar-refractivity contribution is 5.80. The summed E-state index contributed by atoms with van der Waals surface area (Å²) in [6.07, 6.45) is -0.512. The zero-order valence-corrected chi connectivity index (χ0v) is 14.6. The zero-order chi connectivity index (χ0) is 18.7. The third-order valence-corrected chi connectivity index (χ3v) is 4.22. The van der Waals surface area contributed by atoms with Gasteiger partial charge in [-0.3, -0.25) is 4.79 Å². The molecule has 26 heavy (non-hydrogen) atoms. The summed E-state index contributed by atoms with van der Waals surface area (Å²) in [7, 11) is 0. The van der Waals surface area contributed by atoms with E-state index in [4.69, 9.17) is 4.74 Å². The lowest BCUT2D eigenvalue weighted by Gasteiger charge is -2.12. The predicted molar refractivity (Wildman–Crippen MR) is 99.7 cm³/mol. The molecule has 0 spiro atoms. The summed E-state index contributed by atoms with van der Waals surface area (Å²) < 4.78 is 20.1. The maximum Gasteiger partial charge on any atom is 0.169 e. The van der Waals surface area contributed by atoms with Gasteiger partial charge in [-0.25, -0.2) is 4.39 Å². The first-order valence-electron chi connectivity index (χ1n) is 8.30. The molecule has 0 amide bonds. The minimum Gasteiger partial charge on any atom is -0.508 e. The van der Waals surface area contributed by atoms with E-state index in [1.807, 2.05) is 6.07 Å². The fraction of sp³-hybridized carbons (Fsp3) is 0.136. The van der Waals surface area contributed by atoms with Crippen molar-refractivity contribution < 1.29 is 19.0 Å². The number of carbonyl (C=O) groups excluding carboxylic acids is 1. The molecule has 132 valence electrons. The van der Waals surface area contributed by atoms with Gasteiger partial charge in [0.2, 0.25) is 0 Å². The van der Waals surface area contributed by atoms with E-state index in [1.165, 1.54) is 13.0 Å². The first kappa shape index (κ1) is 17.7. The summed E-state index contributed by atoms with van der Waals surface area (Å²) in [4.78, 5) is 11.3. The Morgan fingerprint density at radius 1 is 0.923 bits per heavy atom. The molecular weight excluding hydrogens is 331 g/mol. The number of benzene rings is 3. The summed E-state index contributed by atoms with van der Waals surface area (Å²) in [5.41, 5.74) is 2.78. The number of phenolic OH excluding ortho intramolecular Hbond substituents is 1. The van der Waals surface area contributed by atoms with E-state index >= 15 is 0 Å². The van der Waals surface area contributed by atoms with Crippen molar-refractivity contribution in [3.05, 3.63) is 72.5 Å². The number of Topliss-reactive ketones (excluding diaryl/α,β-unsaturated/α-hetero) is 1. The molecule has 0 aliphatic heterocycles. The van der Waals surface area contributed by atoms with Crippen molar-refractivity contribution in [1.29, 1.82) is 0 Å². The van der Waals surface area contributed by atoms with Crippen LogP contribution in [0.5, 0.6) is 11.5 Å². The molecule has 3 aromatic rings. The molecular formula is C22H19FO3. The van der Waals surface area contributed by atoms with Gasteiger partial charge >= 0.3 is 0 Å². The lowest BCUT2D eigenvalue weighted by molar-refractivity contribution is -0.122.